The van der Waals surface area contributed by atoms with Gasteiger partial charge in [0.05, 0.1) is 0 Å². The summed E-state index contributed by atoms with van der Waals surface area (Å²) in [6.45, 7) is 1.50. The monoisotopic (exact) mass is 337 g/mol. The summed E-state index contributed by atoms with van der Waals surface area (Å²) in [5, 5.41) is 11.4. The first-order valence-electron chi connectivity index (χ1n) is 6.76. The zero-order chi connectivity index (χ0) is 14.5. The van der Waals surface area contributed by atoms with Crippen LogP contribution in [0.3, 0.4) is 0 Å². The molecule has 4 nitrogen and oxygen atoms in total. The van der Waals surface area contributed by atoms with Crippen LogP contribution in [-0.4, -0.2) is 23.0 Å². The summed E-state index contributed by atoms with van der Waals surface area (Å²) >= 11 is 3.47. The minimum atomic E-state index is -0.996. The maximum absolute atomic E-state index is 12.2. The van der Waals surface area contributed by atoms with E-state index >= 15 is 0 Å². The quantitative estimate of drug-likeness (QED) is 0.888. The predicted octanol–water partition coefficient (Wildman–Crippen LogP) is 2.24. The van der Waals surface area contributed by atoms with E-state index in [0.717, 1.165) is 23.7 Å². The van der Waals surface area contributed by atoms with Gasteiger partial charge >= 0.3 is 5.97 Å². The molecule has 0 aromatic heterocycles. The van der Waals surface area contributed by atoms with Crippen LogP contribution in [0.15, 0.2) is 22.7 Å². The number of hydrogen-bond acceptors (Lipinski definition) is 2. The van der Waals surface area contributed by atoms with Crippen molar-refractivity contribution in [2.45, 2.75) is 37.6 Å². The van der Waals surface area contributed by atoms with E-state index in [0.29, 0.717) is 0 Å². The van der Waals surface area contributed by atoms with E-state index < -0.39 is 12.0 Å². The van der Waals surface area contributed by atoms with Crippen LogP contribution in [0, 0.1) is 5.92 Å². The molecule has 0 bridgehead atoms. The molecule has 2 N–H and O–H groups in total. The lowest BCUT2D eigenvalue weighted by atomic mass is 9.95. The number of carbonyl (C=O) groups is 2. The minimum absolute atomic E-state index is 0.0433. The Labute approximate surface area is 125 Å². The number of amides is 1. The van der Waals surface area contributed by atoms with E-state index in [9.17, 15) is 9.59 Å². The largest absolute Gasteiger partial charge is 0.480 e. The average molecular weight is 338 g/mol. The smallest absolute Gasteiger partial charge is 0.325 e. The van der Waals surface area contributed by atoms with E-state index in [-0.39, 0.29) is 17.2 Å². The number of nitrogens with one attached hydrogen (secondary N) is 1. The van der Waals surface area contributed by atoms with Gasteiger partial charge in [-0.05, 0) is 49.4 Å². The molecule has 1 saturated carbocycles. The molecular weight excluding hydrogens is 322 g/mol. The normalized spacial score (nSPS) is 28.0. The van der Waals surface area contributed by atoms with Gasteiger partial charge in [-0.3, -0.25) is 9.59 Å². The summed E-state index contributed by atoms with van der Waals surface area (Å²) in [6, 6.07) is 5.40. The predicted molar refractivity (Wildman–Crippen MR) is 77.5 cm³/mol. The minimum Gasteiger partial charge on any atom is -0.480 e. The molecule has 1 aromatic carbocycles. The van der Waals surface area contributed by atoms with Crippen molar-refractivity contribution in [2.24, 2.45) is 5.92 Å². The van der Waals surface area contributed by atoms with Crippen molar-refractivity contribution in [2.75, 3.05) is 0 Å². The Hall–Kier alpha value is -1.36. The maximum atomic E-state index is 12.2. The van der Waals surface area contributed by atoms with Crippen molar-refractivity contribution in [3.63, 3.8) is 0 Å². The number of carbonyl (C=O) groups excluding carboxylic acids is 1. The van der Waals surface area contributed by atoms with Crippen LogP contribution in [0.25, 0.3) is 0 Å². The molecule has 3 rings (SSSR count). The van der Waals surface area contributed by atoms with Crippen LogP contribution >= 0.6 is 15.9 Å². The molecule has 1 fully saturated rings. The highest BCUT2D eigenvalue weighted by molar-refractivity contribution is 9.10. The highest BCUT2D eigenvalue weighted by atomic mass is 79.9. The third-order valence-corrected chi connectivity index (χ3v) is 5.06. The van der Waals surface area contributed by atoms with E-state index in [2.05, 4.69) is 33.4 Å². The van der Waals surface area contributed by atoms with E-state index in [4.69, 9.17) is 5.11 Å². The van der Waals surface area contributed by atoms with Gasteiger partial charge in [0.2, 0.25) is 5.91 Å². The molecule has 0 radical (unpaired) electrons. The Kier molecular flexibility index (Phi) is 3.12. The summed E-state index contributed by atoms with van der Waals surface area (Å²) < 4.78 is 1.06. The standard InChI is InChI=1S/C15H16BrNO3/c1-8(14(19)20)17-13(18)12-7-15(12)5-4-9-6-10(16)2-3-11(9)15/h2-3,6,8,12H,4-5,7H2,1H3,(H,17,18)(H,19,20)/t8-,12?,15?/m1/s1. The topological polar surface area (TPSA) is 66.4 Å². The molecule has 5 heteroatoms. The van der Waals surface area contributed by atoms with Gasteiger partial charge in [0, 0.05) is 15.8 Å². The maximum Gasteiger partial charge on any atom is 0.325 e. The number of rotatable bonds is 3. The van der Waals surface area contributed by atoms with E-state index in [1.165, 1.54) is 18.1 Å². The molecule has 0 aliphatic heterocycles. The second-order valence-corrected chi connectivity index (χ2v) is 6.70. The molecule has 2 unspecified atom stereocenters. The van der Waals surface area contributed by atoms with Gasteiger partial charge in [-0.25, -0.2) is 0 Å². The zero-order valence-electron chi connectivity index (χ0n) is 11.1. The number of carboxylic acids is 1. The number of halogens is 1. The van der Waals surface area contributed by atoms with Gasteiger partial charge in [-0.15, -0.1) is 0 Å². The number of benzene rings is 1. The molecule has 1 spiro atoms. The first-order chi connectivity index (χ1) is 9.44. The molecule has 1 amide bonds. The fourth-order valence-electron chi connectivity index (χ4n) is 3.35. The molecule has 2 aliphatic rings. The highest BCUT2D eigenvalue weighted by Crippen LogP contribution is 2.61. The average Bonchev–Trinajstić information content (AvgIpc) is 3.01. The van der Waals surface area contributed by atoms with Crippen molar-refractivity contribution >= 4 is 27.8 Å². The Bertz CT molecular complexity index is 601. The van der Waals surface area contributed by atoms with Crippen LogP contribution in [0.1, 0.15) is 30.9 Å². The van der Waals surface area contributed by atoms with Crippen LogP contribution in [0.2, 0.25) is 0 Å². The summed E-state index contributed by atoms with van der Waals surface area (Å²) in [5.74, 6) is -1.20. The lowest BCUT2D eigenvalue weighted by Gasteiger charge is -2.13. The lowest BCUT2D eigenvalue weighted by Crippen LogP contribution is -2.40. The molecular formula is C15H16BrNO3. The summed E-state index contributed by atoms with van der Waals surface area (Å²) in [4.78, 5) is 23.0. The van der Waals surface area contributed by atoms with Crippen molar-refractivity contribution in [1.29, 1.82) is 0 Å². The van der Waals surface area contributed by atoms with Gasteiger partial charge in [0.25, 0.3) is 0 Å². The number of fused-ring (bicyclic) bond motifs is 2. The van der Waals surface area contributed by atoms with Crippen molar-refractivity contribution < 1.29 is 14.7 Å². The molecule has 3 atom stereocenters. The Morgan fingerprint density at radius 3 is 2.95 bits per heavy atom. The van der Waals surface area contributed by atoms with Crippen molar-refractivity contribution in [3.05, 3.63) is 33.8 Å². The number of carboxylic acid groups (broad SMARTS) is 1. The Balaban J connectivity index is 1.77. The van der Waals surface area contributed by atoms with Gasteiger partial charge < -0.3 is 10.4 Å². The highest BCUT2D eigenvalue weighted by Gasteiger charge is 2.61. The zero-order valence-corrected chi connectivity index (χ0v) is 12.7. The van der Waals surface area contributed by atoms with Gasteiger partial charge in [0.15, 0.2) is 0 Å². The second-order valence-electron chi connectivity index (χ2n) is 5.78. The van der Waals surface area contributed by atoms with Crippen LogP contribution in [0.5, 0.6) is 0 Å². The van der Waals surface area contributed by atoms with Gasteiger partial charge in [0.1, 0.15) is 6.04 Å². The molecule has 0 heterocycles. The third kappa shape index (κ3) is 2.04. The van der Waals surface area contributed by atoms with E-state index in [1.807, 2.05) is 6.07 Å². The summed E-state index contributed by atoms with van der Waals surface area (Å²) in [5.41, 5.74) is 2.53. The van der Waals surface area contributed by atoms with Gasteiger partial charge in [-0.1, -0.05) is 22.0 Å². The number of aryl methyl sites for hydroxylation is 1. The second kappa shape index (κ2) is 4.58. The first-order valence-corrected chi connectivity index (χ1v) is 7.55. The molecule has 1 aromatic rings. The Morgan fingerprint density at radius 1 is 1.50 bits per heavy atom. The summed E-state index contributed by atoms with van der Waals surface area (Å²) in [7, 11) is 0. The molecule has 20 heavy (non-hydrogen) atoms. The number of hydrogen-bond donors (Lipinski definition) is 2. The number of aliphatic carboxylic acids is 1. The molecule has 2 aliphatic carbocycles. The van der Waals surface area contributed by atoms with Crippen LogP contribution < -0.4 is 5.32 Å². The fraction of sp³-hybridized carbons (Fsp3) is 0.467. The van der Waals surface area contributed by atoms with E-state index in [1.54, 1.807) is 0 Å². The lowest BCUT2D eigenvalue weighted by molar-refractivity contribution is -0.141. The van der Waals surface area contributed by atoms with Crippen LogP contribution in [-0.2, 0) is 21.4 Å². The summed E-state index contributed by atoms with van der Waals surface area (Å²) in [6.07, 6.45) is 2.81. The molecule has 0 saturated heterocycles. The molecule has 106 valence electrons. The SMILES string of the molecule is C[C@@H](NC(=O)C1CC12CCc1cc(Br)ccc12)C(=O)O. The first kappa shape index (κ1) is 13.6. The third-order valence-electron chi connectivity index (χ3n) is 4.57. The Morgan fingerprint density at radius 2 is 2.25 bits per heavy atom. The van der Waals surface area contributed by atoms with Crippen molar-refractivity contribution in [3.8, 4) is 0 Å². The van der Waals surface area contributed by atoms with Gasteiger partial charge in [-0.2, -0.15) is 0 Å². The fourth-order valence-corrected chi connectivity index (χ4v) is 3.75. The van der Waals surface area contributed by atoms with Crippen LogP contribution in [0.4, 0.5) is 0 Å². The van der Waals surface area contributed by atoms with Crippen molar-refractivity contribution in [1.82, 2.24) is 5.32 Å².